The van der Waals surface area contributed by atoms with Crippen molar-refractivity contribution in [1.82, 2.24) is 0 Å². The Morgan fingerprint density at radius 1 is 1.53 bits per heavy atom. The van der Waals surface area contributed by atoms with E-state index < -0.39 is 0 Å². The summed E-state index contributed by atoms with van der Waals surface area (Å²) in [6.07, 6.45) is 2.26. The Morgan fingerprint density at radius 3 is 3.06 bits per heavy atom. The molecule has 1 unspecified atom stereocenters. The van der Waals surface area contributed by atoms with E-state index >= 15 is 0 Å². The number of halogens is 1. The van der Waals surface area contributed by atoms with Crippen LogP contribution in [0.2, 0.25) is 5.02 Å². The fraction of sp³-hybridized carbons (Fsp3) is 0.538. The molecule has 0 aliphatic carbocycles. The summed E-state index contributed by atoms with van der Waals surface area (Å²) < 4.78 is 10.8. The van der Waals surface area contributed by atoms with Crippen molar-refractivity contribution in [1.29, 1.82) is 0 Å². The van der Waals surface area contributed by atoms with Gasteiger partial charge in [0.25, 0.3) is 0 Å². The van der Waals surface area contributed by atoms with Crippen molar-refractivity contribution in [2.24, 2.45) is 0 Å². The molecule has 1 heterocycles. The first kappa shape index (κ1) is 12.5. The minimum atomic E-state index is 0.387. The first-order valence-electron chi connectivity index (χ1n) is 6.06. The van der Waals surface area contributed by atoms with Gasteiger partial charge in [0.2, 0.25) is 0 Å². The van der Waals surface area contributed by atoms with Crippen molar-refractivity contribution in [2.45, 2.75) is 25.8 Å². The number of anilines is 1. The van der Waals surface area contributed by atoms with Crippen molar-refractivity contribution >= 4 is 17.3 Å². The lowest BCUT2D eigenvalue weighted by molar-refractivity contribution is 0.0876. The zero-order valence-electron chi connectivity index (χ0n) is 10.0. The van der Waals surface area contributed by atoms with Gasteiger partial charge in [0.05, 0.1) is 18.2 Å². The number of hydrogen-bond acceptors (Lipinski definition) is 3. The van der Waals surface area contributed by atoms with Crippen LogP contribution in [-0.4, -0.2) is 25.9 Å². The summed E-state index contributed by atoms with van der Waals surface area (Å²) in [6.45, 7) is 4.22. The number of benzene rings is 1. The van der Waals surface area contributed by atoms with E-state index in [2.05, 4.69) is 5.32 Å². The molecule has 17 heavy (non-hydrogen) atoms. The van der Waals surface area contributed by atoms with Crippen LogP contribution >= 0.6 is 11.6 Å². The molecule has 1 aromatic carbocycles. The van der Waals surface area contributed by atoms with Crippen LogP contribution in [0.3, 0.4) is 0 Å². The molecule has 1 saturated heterocycles. The van der Waals surface area contributed by atoms with E-state index in [1.165, 1.54) is 0 Å². The summed E-state index contributed by atoms with van der Waals surface area (Å²) >= 11 is 6.13. The second-order valence-corrected chi connectivity index (χ2v) is 4.54. The van der Waals surface area contributed by atoms with Gasteiger partial charge in [0.1, 0.15) is 5.75 Å². The lowest BCUT2D eigenvalue weighted by Gasteiger charge is -2.24. The predicted octanol–water partition coefficient (Wildman–Crippen LogP) is 3.33. The zero-order valence-corrected chi connectivity index (χ0v) is 10.8. The monoisotopic (exact) mass is 255 g/mol. The van der Waals surface area contributed by atoms with Gasteiger partial charge in [-0.15, -0.1) is 0 Å². The average molecular weight is 256 g/mol. The Hall–Kier alpha value is -0.930. The van der Waals surface area contributed by atoms with E-state index in [0.717, 1.165) is 37.5 Å². The van der Waals surface area contributed by atoms with Gasteiger partial charge in [0, 0.05) is 18.3 Å². The predicted molar refractivity (Wildman–Crippen MR) is 70.1 cm³/mol. The molecule has 4 heteroatoms. The maximum atomic E-state index is 6.13. The van der Waals surface area contributed by atoms with E-state index in [1.807, 2.05) is 25.1 Å². The Bertz CT molecular complexity index is 364. The molecule has 1 aliphatic heterocycles. The summed E-state index contributed by atoms with van der Waals surface area (Å²) in [5.41, 5.74) is 1.02. The molecule has 0 saturated carbocycles. The van der Waals surface area contributed by atoms with Crippen LogP contribution in [0.15, 0.2) is 18.2 Å². The van der Waals surface area contributed by atoms with Crippen LogP contribution < -0.4 is 10.1 Å². The highest BCUT2D eigenvalue weighted by atomic mass is 35.5. The maximum Gasteiger partial charge on any atom is 0.138 e. The molecule has 0 spiro atoms. The molecule has 1 aromatic rings. The molecule has 1 aliphatic rings. The normalized spacial score (nSPS) is 20.0. The van der Waals surface area contributed by atoms with Crippen LogP contribution in [0, 0.1) is 0 Å². The minimum Gasteiger partial charge on any atom is -0.492 e. The molecule has 0 radical (unpaired) electrons. The van der Waals surface area contributed by atoms with Gasteiger partial charge in [0.15, 0.2) is 0 Å². The highest BCUT2D eigenvalue weighted by Crippen LogP contribution is 2.28. The van der Waals surface area contributed by atoms with E-state index in [0.29, 0.717) is 17.7 Å². The maximum absolute atomic E-state index is 6.13. The molecule has 0 amide bonds. The quantitative estimate of drug-likeness (QED) is 0.895. The lowest BCUT2D eigenvalue weighted by Crippen LogP contribution is -2.29. The Morgan fingerprint density at radius 2 is 2.41 bits per heavy atom. The Labute approximate surface area is 107 Å². The van der Waals surface area contributed by atoms with Crippen molar-refractivity contribution in [2.75, 3.05) is 25.1 Å². The SMILES string of the molecule is CCOc1ccc(NC2CCCOC2)cc1Cl. The molecule has 0 bridgehead atoms. The average Bonchev–Trinajstić information content (AvgIpc) is 2.34. The molecule has 1 N–H and O–H groups in total. The molecule has 1 atom stereocenters. The second-order valence-electron chi connectivity index (χ2n) is 4.14. The van der Waals surface area contributed by atoms with Crippen LogP contribution in [0.1, 0.15) is 19.8 Å². The summed E-state index contributed by atoms with van der Waals surface area (Å²) in [5, 5.41) is 4.07. The van der Waals surface area contributed by atoms with Crippen LogP contribution in [-0.2, 0) is 4.74 Å². The highest BCUT2D eigenvalue weighted by Gasteiger charge is 2.13. The molecule has 2 rings (SSSR count). The standard InChI is InChI=1S/C13H18ClNO2/c1-2-17-13-6-5-10(8-12(13)14)15-11-4-3-7-16-9-11/h5-6,8,11,15H,2-4,7,9H2,1H3. The third-order valence-electron chi connectivity index (χ3n) is 2.76. The van der Waals surface area contributed by atoms with Crippen LogP contribution in [0.25, 0.3) is 0 Å². The van der Waals surface area contributed by atoms with Crippen LogP contribution in [0.4, 0.5) is 5.69 Å². The topological polar surface area (TPSA) is 30.5 Å². The van der Waals surface area contributed by atoms with E-state index in [9.17, 15) is 0 Å². The summed E-state index contributed by atoms with van der Waals surface area (Å²) in [4.78, 5) is 0. The third-order valence-corrected chi connectivity index (χ3v) is 3.06. The Balaban J connectivity index is 1.98. The zero-order chi connectivity index (χ0) is 12.1. The van der Waals surface area contributed by atoms with Crippen LogP contribution in [0.5, 0.6) is 5.75 Å². The van der Waals surface area contributed by atoms with E-state index in [4.69, 9.17) is 21.1 Å². The fourth-order valence-electron chi connectivity index (χ4n) is 1.95. The molecule has 3 nitrogen and oxygen atoms in total. The number of nitrogens with one attached hydrogen (secondary N) is 1. The molecule has 0 aromatic heterocycles. The summed E-state index contributed by atoms with van der Waals surface area (Å²) in [7, 11) is 0. The first-order chi connectivity index (χ1) is 8.29. The van der Waals surface area contributed by atoms with Crippen molar-refractivity contribution in [3.8, 4) is 5.75 Å². The molecule has 1 fully saturated rings. The summed E-state index contributed by atoms with van der Waals surface area (Å²) in [6, 6.07) is 6.18. The molecular formula is C13H18ClNO2. The van der Waals surface area contributed by atoms with Crippen molar-refractivity contribution < 1.29 is 9.47 Å². The summed E-state index contributed by atoms with van der Waals surface area (Å²) in [5.74, 6) is 0.736. The highest BCUT2D eigenvalue weighted by molar-refractivity contribution is 6.32. The van der Waals surface area contributed by atoms with Gasteiger partial charge in [-0.05, 0) is 38.0 Å². The van der Waals surface area contributed by atoms with Crippen molar-refractivity contribution in [3.05, 3.63) is 23.2 Å². The van der Waals surface area contributed by atoms with E-state index in [-0.39, 0.29) is 0 Å². The molecule has 94 valence electrons. The molecular weight excluding hydrogens is 238 g/mol. The van der Waals surface area contributed by atoms with Gasteiger partial charge in [-0.2, -0.15) is 0 Å². The lowest BCUT2D eigenvalue weighted by atomic mass is 10.1. The van der Waals surface area contributed by atoms with Crippen molar-refractivity contribution in [3.63, 3.8) is 0 Å². The van der Waals surface area contributed by atoms with Gasteiger partial charge >= 0.3 is 0 Å². The number of ether oxygens (including phenoxy) is 2. The number of rotatable bonds is 4. The second kappa shape index (κ2) is 6.12. The van der Waals surface area contributed by atoms with Gasteiger partial charge in [-0.25, -0.2) is 0 Å². The van der Waals surface area contributed by atoms with Gasteiger partial charge in [-0.3, -0.25) is 0 Å². The first-order valence-corrected chi connectivity index (χ1v) is 6.44. The number of hydrogen-bond donors (Lipinski definition) is 1. The Kier molecular flexibility index (Phi) is 4.51. The van der Waals surface area contributed by atoms with Gasteiger partial charge in [-0.1, -0.05) is 11.6 Å². The fourth-order valence-corrected chi connectivity index (χ4v) is 2.19. The van der Waals surface area contributed by atoms with Gasteiger partial charge < -0.3 is 14.8 Å². The smallest absolute Gasteiger partial charge is 0.138 e. The largest absolute Gasteiger partial charge is 0.492 e. The minimum absolute atomic E-state index is 0.387. The van der Waals surface area contributed by atoms with E-state index in [1.54, 1.807) is 0 Å². The third kappa shape index (κ3) is 3.51.